The fraction of sp³-hybridized carbons (Fsp3) is 0.455. The summed E-state index contributed by atoms with van der Waals surface area (Å²) < 4.78 is 5.37. The minimum Gasteiger partial charge on any atom is -0.459 e. The van der Waals surface area contributed by atoms with Gasteiger partial charge in [-0.1, -0.05) is 6.07 Å². The number of hydrogen-bond acceptors (Lipinski definition) is 6. The van der Waals surface area contributed by atoms with Crippen LogP contribution in [0.4, 0.5) is 11.4 Å². The molecule has 0 radical (unpaired) electrons. The number of anilines is 2. The molecule has 1 aromatic heterocycles. The number of nitrogens with zero attached hydrogens (tertiary/aromatic N) is 3. The molecule has 5 rings (SSSR count). The average Bonchev–Trinajstić information content (AvgIpc) is 3.43. The molecule has 0 bridgehead atoms. The van der Waals surface area contributed by atoms with Crippen molar-refractivity contribution in [3.8, 4) is 0 Å². The number of carbonyl (C=O) groups excluding carboxylic acids is 2. The molecule has 2 amide bonds. The summed E-state index contributed by atoms with van der Waals surface area (Å²) in [6.45, 7) is 7.03. The number of nitrogens with one attached hydrogen (secondary N) is 2. The molecule has 0 spiro atoms. The van der Waals surface area contributed by atoms with Crippen molar-refractivity contribution in [2.45, 2.75) is 38.6 Å². The number of furan rings is 1. The Morgan fingerprint density at radius 3 is 2.80 bits per heavy atom. The van der Waals surface area contributed by atoms with E-state index in [0.717, 1.165) is 43.0 Å². The maximum absolute atomic E-state index is 13.2. The first-order chi connectivity index (χ1) is 14.5. The lowest BCUT2D eigenvalue weighted by molar-refractivity contribution is -0.117. The van der Waals surface area contributed by atoms with Gasteiger partial charge in [0.15, 0.2) is 5.76 Å². The van der Waals surface area contributed by atoms with Gasteiger partial charge in [0.25, 0.3) is 5.91 Å². The SMILES string of the molecule is CC(=O)N1c2ccc(C3CCN4CCNC4N3)cc2N(C(=O)c2ccco2)C[C@@H]1C. The number of rotatable bonds is 2. The van der Waals surface area contributed by atoms with Crippen LogP contribution in [0.3, 0.4) is 0 Å². The van der Waals surface area contributed by atoms with E-state index in [-0.39, 0.29) is 30.2 Å². The largest absolute Gasteiger partial charge is 0.459 e. The summed E-state index contributed by atoms with van der Waals surface area (Å²) in [4.78, 5) is 31.5. The molecule has 3 atom stereocenters. The number of carbonyl (C=O) groups is 2. The molecule has 8 heteroatoms. The van der Waals surface area contributed by atoms with Crippen molar-refractivity contribution in [1.29, 1.82) is 0 Å². The first-order valence-corrected chi connectivity index (χ1v) is 10.6. The third-order valence-electron chi connectivity index (χ3n) is 6.32. The van der Waals surface area contributed by atoms with E-state index in [9.17, 15) is 9.59 Å². The zero-order valence-corrected chi connectivity index (χ0v) is 17.3. The van der Waals surface area contributed by atoms with E-state index in [1.807, 2.05) is 13.0 Å². The summed E-state index contributed by atoms with van der Waals surface area (Å²) >= 11 is 0. The second kappa shape index (κ2) is 7.54. The summed E-state index contributed by atoms with van der Waals surface area (Å²) in [5.74, 6) is 0.0910. The van der Waals surface area contributed by atoms with E-state index in [1.165, 1.54) is 6.26 Å². The molecule has 158 valence electrons. The average molecular weight is 409 g/mol. The van der Waals surface area contributed by atoms with Gasteiger partial charge >= 0.3 is 0 Å². The molecule has 30 heavy (non-hydrogen) atoms. The molecule has 3 aliphatic heterocycles. The normalized spacial score (nSPS) is 26.4. The van der Waals surface area contributed by atoms with Crippen LogP contribution in [-0.4, -0.2) is 55.2 Å². The monoisotopic (exact) mass is 409 g/mol. The summed E-state index contributed by atoms with van der Waals surface area (Å²) in [6.07, 6.45) is 2.69. The van der Waals surface area contributed by atoms with Gasteiger partial charge in [-0.05, 0) is 43.2 Å². The summed E-state index contributed by atoms with van der Waals surface area (Å²) in [5, 5.41) is 7.14. The highest BCUT2D eigenvalue weighted by molar-refractivity contribution is 6.09. The molecule has 2 unspecified atom stereocenters. The summed E-state index contributed by atoms with van der Waals surface area (Å²) in [7, 11) is 0. The van der Waals surface area contributed by atoms with Crippen molar-refractivity contribution in [3.63, 3.8) is 0 Å². The lowest BCUT2D eigenvalue weighted by Crippen LogP contribution is -2.54. The lowest BCUT2D eigenvalue weighted by atomic mass is 9.97. The van der Waals surface area contributed by atoms with Gasteiger partial charge in [-0.25, -0.2) is 0 Å². The van der Waals surface area contributed by atoms with Crippen LogP contribution in [0.2, 0.25) is 0 Å². The van der Waals surface area contributed by atoms with Crippen LogP contribution in [0.5, 0.6) is 0 Å². The van der Waals surface area contributed by atoms with Crippen molar-refractivity contribution in [1.82, 2.24) is 15.5 Å². The van der Waals surface area contributed by atoms with Gasteiger partial charge in [0.1, 0.15) is 6.29 Å². The van der Waals surface area contributed by atoms with Gasteiger partial charge in [0, 0.05) is 39.1 Å². The van der Waals surface area contributed by atoms with Crippen LogP contribution in [0.1, 0.15) is 42.4 Å². The van der Waals surface area contributed by atoms with E-state index in [2.05, 4.69) is 27.7 Å². The third kappa shape index (κ3) is 3.21. The van der Waals surface area contributed by atoms with E-state index in [4.69, 9.17) is 4.42 Å². The Hall–Kier alpha value is -2.68. The minimum absolute atomic E-state index is 0.0248. The van der Waals surface area contributed by atoms with Crippen molar-refractivity contribution in [2.75, 3.05) is 36.0 Å². The summed E-state index contributed by atoms with van der Waals surface area (Å²) in [5.41, 5.74) is 2.64. The molecule has 1 aromatic carbocycles. The molecular weight excluding hydrogens is 382 g/mol. The standard InChI is InChI=1S/C22H27N5O3/c1-14-13-26(21(29)20-4-3-11-30-20)19-12-16(5-6-18(19)27(14)15(2)28)17-7-9-25-10-8-23-22(25)24-17/h3-6,11-12,14,17,22-24H,7-10,13H2,1-2H3/t14-,17?,22?/m0/s1. The van der Waals surface area contributed by atoms with Gasteiger partial charge in [-0.15, -0.1) is 0 Å². The van der Waals surface area contributed by atoms with Gasteiger partial charge in [-0.3, -0.25) is 25.1 Å². The molecule has 2 aromatic rings. The number of benzene rings is 1. The van der Waals surface area contributed by atoms with Gasteiger partial charge in [0.05, 0.1) is 23.7 Å². The Kier molecular flexibility index (Phi) is 4.85. The van der Waals surface area contributed by atoms with Crippen molar-refractivity contribution < 1.29 is 14.0 Å². The lowest BCUT2D eigenvalue weighted by Gasteiger charge is -2.41. The highest BCUT2D eigenvalue weighted by atomic mass is 16.3. The van der Waals surface area contributed by atoms with Crippen LogP contribution < -0.4 is 20.4 Å². The van der Waals surface area contributed by atoms with E-state index >= 15 is 0 Å². The Morgan fingerprint density at radius 2 is 2.03 bits per heavy atom. The number of fused-ring (bicyclic) bond motifs is 2. The number of hydrogen-bond donors (Lipinski definition) is 2. The third-order valence-corrected chi connectivity index (χ3v) is 6.32. The molecule has 0 aliphatic carbocycles. The highest BCUT2D eigenvalue weighted by Crippen LogP contribution is 2.39. The molecule has 3 aliphatic rings. The smallest absolute Gasteiger partial charge is 0.294 e. The van der Waals surface area contributed by atoms with Crippen LogP contribution >= 0.6 is 0 Å². The van der Waals surface area contributed by atoms with Crippen molar-refractivity contribution in [2.24, 2.45) is 0 Å². The molecule has 4 heterocycles. The molecular formula is C22H27N5O3. The first-order valence-electron chi connectivity index (χ1n) is 10.6. The predicted molar refractivity (Wildman–Crippen MR) is 113 cm³/mol. The zero-order chi connectivity index (χ0) is 20.8. The molecule has 2 saturated heterocycles. The van der Waals surface area contributed by atoms with Gasteiger partial charge < -0.3 is 14.2 Å². The second-order valence-corrected chi connectivity index (χ2v) is 8.28. The van der Waals surface area contributed by atoms with Gasteiger partial charge in [-0.2, -0.15) is 0 Å². The molecule has 2 N–H and O–H groups in total. The maximum Gasteiger partial charge on any atom is 0.294 e. The second-order valence-electron chi connectivity index (χ2n) is 8.28. The topological polar surface area (TPSA) is 81.1 Å². The number of amides is 2. The van der Waals surface area contributed by atoms with Gasteiger partial charge in [0.2, 0.25) is 5.91 Å². The maximum atomic E-state index is 13.2. The van der Waals surface area contributed by atoms with E-state index < -0.39 is 0 Å². The Balaban J connectivity index is 1.52. The van der Waals surface area contributed by atoms with Crippen molar-refractivity contribution >= 4 is 23.2 Å². The first kappa shape index (κ1) is 19.3. The zero-order valence-electron chi connectivity index (χ0n) is 17.3. The molecule has 8 nitrogen and oxygen atoms in total. The van der Waals surface area contributed by atoms with Crippen LogP contribution in [0.15, 0.2) is 41.0 Å². The Bertz CT molecular complexity index is 960. The predicted octanol–water partition coefficient (Wildman–Crippen LogP) is 1.90. The fourth-order valence-corrected chi connectivity index (χ4v) is 4.90. The summed E-state index contributed by atoms with van der Waals surface area (Å²) in [6, 6.07) is 9.56. The van der Waals surface area contributed by atoms with E-state index in [1.54, 1.807) is 28.9 Å². The minimum atomic E-state index is -0.186. The van der Waals surface area contributed by atoms with Crippen LogP contribution in [0.25, 0.3) is 0 Å². The highest BCUT2D eigenvalue weighted by Gasteiger charge is 2.36. The van der Waals surface area contributed by atoms with Crippen LogP contribution in [-0.2, 0) is 4.79 Å². The van der Waals surface area contributed by atoms with Crippen LogP contribution in [0, 0.1) is 0 Å². The Labute approximate surface area is 175 Å². The van der Waals surface area contributed by atoms with E-state index in [0.29, 0.717) is 12.3 Å². The fourth-order valence-electron chi connectivity index (χ4n) is 4.90. The Morgan fingerprint density at radius 1 is 1.17 bits per heavy atom. The quantitative estimate of drug-likeness (QED) is 0.789. The molecule has 2 fully saturated rings. The molecule has 0 saturated carbocycles. The van der Waals surface area contributed by atoms with Crippen molar-refractivity contribution in [3.05, 3.63) is 47.9 Å².